The van der Waals surface area contributed by atoms with Crippen molar-refractivity contribution in [3.05, 3.63) is 29.8 Å². The van der Waals surface area contributed by atoms with Crippen molar-refractivity contribution in [1.82, 2.24) is 10.2 Å². The van der Waals surface area contributed by atoms with Crippen LogP contribution in [0.15, 0.2) is 24.3 Å². The average Bonchev–Trinajstić information content (AvgIpc) is 2.91. The van der Waals surface area contributed by atoms with Crippen LogP contribution in [0.25, 0.3) is 0 Å². The highest BCUT2D eigenvalue weighted by molar-refractivity contribution is 5.76. The fraction of sp³-hybridized carbons (Fsp3) is 0.632. The van der Waals surface area contributed by atoms with Gasteiger partial charge in [-0.1, -0.05) is 24.6 Å². The maximum atomic E-state index is 11.8. The quantitative estimate of drug-likeness (QED) is 0.844. The number of amides is 2. The molecule has 3 fully saturated rings. The summed E-state index contributed by atoms with van der Waals surface area (Å²) in [6.45, 7) is 5.09. The lowest BCUT2D eigenvalue weighted by molar-refractivity contribution is -0.157. The summed E-state index contributed by atoms with van der Waals surface area (Å²) in [4.78, 5) is 13.7. The van der Waals surface area contributed by atoms with E-state index in [1.807, 2.05) is 4.90 Å². The van der Waals surface area contributed by atoms with Crippen LogP contribution in [0.4, 0.5) is 10.5 Å². The highest BCUT2D eigenvalue weighted by Gasteiger charge is 2.58. The lowest BCUT2D eigenvalue weighted by Crippen LogP contribution is -2.64. The van der Waals surface area contributed by atoms with Crippen LogP contribution in [0.1, 0.15) is 38.2 Å². The summed E-state index contributed by atoms with van der Waals surface area (Å²) < 4.78 is 5.95. The summed E-state index contributed by atoms with van der Waals surface area (Å²) in [5.74, 6) is 0. The Morgan fingerprint density at radius 3 is 2.88 bits per heavy atom. The zero-order valence-corrected chi connectivity index (χ0v) is 14.4. The molecule has 5 nitrogen and oxygen atoms in total. The summed E-state index contributed by atoms with van der Waals surface area (Å²) in [6, 6.07) is 8.93. The van der Waals surface area contributed by atoms with E-state index >= 15 is 0 Å². The van der Waals surface area contributed by atoms with Gasteiger partial charge in [0.15, 0.2) is 0 Å². The zero-order chi connectivity index (χ0) is 16.6. The van der Waals surface area contributed by atoms with E-state index in [1.54, 1.807) is 0 Å². The number of anilines is 1. The van der Waals surface area contributed by atoms with Crippen LogP contribution in [-0.4, -0.2) is 42.8 Å². The molecule has 130 valence electrons. The van der Waals surface area contributed by atoms with Gasteiger partial charge < -0.3 is 20.3 Å². The molecule has 1 aromatic rings. The SMILES string of the molecule is CCO[C@H]1C[C@H](Nc2ccccc2CN2CCNC2=O)C12CCC2. The summed E-state index contributed by atoms with van der Waals surface area (Å²) in [5.41, 5.74) is 2.71. The van der Waals surface area contributed by atoms with E-state index in [4.69, 9.17) is 4.74 Å². The molecular formula is C19H27N3O2. The van der Waals surface area contributed by atoms with Crippen molar-refractivity contribution in [2.75, 3.05) is 25.0 Å². The number of benzene rings is 1. The second kappa shape index (κ2) is 6.28. The third-order valence-corrected chi connectivity index (χ3v) is 6.09. The molecule has 1 spiro atoms. The van der Waals surface area contributed by atoms with Gasteiger partial charge in [0.25, 0.3) is 0 Å². The number of nitrogens with zero attached hydrogens (tertiary/aromatic N) is 1. The minimum Gasteiger partial charge on any atom is -0.381 e. The molecule has 2 N–H and O–H groups in total. The standard InChI is InChI=1S/C19H27N3O2/c1-2-24-17-12-16(19(17)8-5-9-19)21-15-7-4-3-6-14(15)13-22-11-10-20-18(22)23/h3-4,6-7,16-17,21H,2,5,8-13H2,1H3,(H,20,23)/t16-,17-/m0/s1. The third kappa shape index (κ3) is 2.55. The van der Waals surface area contributed by atoms with Crippen LogP contribution in [0.3, 0.4) is 0 Å². The Morgan fingerprint density at radius 2 is 2.21 bits per heavy atom. The van der Waals surface area contributed by atoms with Crippen LogP contribution in [0.5, 0.6) is 0 Å². The minimum absolute atomic E-state index is 0.0420. The summed E-state index contributed by atoms with van der Waals surface area (Å²) in [5, 5.41) is 6.65. The van der Waals surface area contributed by atoms with E-state index in [0.717, 1.165) is 26.1 Å². The number of hydrogen-bond donors (Lipinski definition) is 2. The van der Waals surface area contributed by atoms with E-state index in [0.29, 0.717) is 24.1 Å². The van der Waals surface area contributed by atoms with Gasteiger partial charge in [0.1, 0.15) is 0 Å². The molecule has 0 bridgehead atoms. The van der Waals surface area contributed by atoms with E-state index in [-0.39, 0.29) is 6.03 Å². The number of hydrogen-bond acceptors (Lipinski definition) is 3. The van der Waals surface area contributed by atoms with E-state index < -0.39 is 0 Å². The number of carbonyl (C=O) groups is 1. The second-order valence-electron chi connectivity index (χ2n) is 7.27. The molecule has 1 aliphatic heterocycles. The van der Waals surface area contributed by atoms with Gasteiger partial charge in [-0.2, -0.15) is 0 Å². The molecule has 0 unspecified atom stereocenters. The van der Waals surface area contributed by atoms with Gasteiger partial charge >= 0.3 is 6.03 Å². The molecule has 24 heavy (non-hydrogen) atoms. The molecule has 4 rings (SSSR count). The molecule has 2 amide bonds. The van der Waals surface area contributed by atoms with Crippen molar-refractivity contribution in [3.8, 4) is 0 Å². The number of ether oxygens (including phenoxy) is 1. The second-order valence-corrected chi connectivity index (χ2v) is 7.27. The topological polar surface area (TPSA) is 53.6 Å². The van der Waals surface area contributed by atoms with E-state index in [9.17, 15) is 4.79 Å². The van der Waals surface area contributed by atoms with Gasteiger partial charge in [-0.15, -0.1) is 0 Å². The van der Waals surface area contributed by atoms with E-state index in [2.05, 4.69) is 41.8 Å². The molecule has 1 saturated heterocycles. The summed E-state index contributed by atoms with van der Waals surface area (Å²) >= 11 is 0. The molecular weight excluding hydrogens is 302 g/mol. The third-order valence-electron chi connectivity index (χ3n) is 6.09. The van der Waals surface area contributed by atoms with Crippen LogP contribution in [0, 0.1) is 5.41 Å². The Kier molecular flexibility index (Phi) is 4.12. The number of carbonyl (C=O) groups excluding carboxylic acids is 1. The van der Waals surface area contributed by atoms with Gasteiger partial charge in [0.05, 0.1) is 6.10 Å². The number of urea groups is 1. The largest absolute Gasteiger partial charge is 0.381 e. The molecule has 0 aromatic heterocycles. The first kappa shape index (κ1) is 15.8. The molecule has 0 radical (unpaired) electrons. The number of rotatable bonds is 6. The molecule has 1 heterocycles. The van der Waals surface area contributed by atoms with Gasteiger partial charge in [0.2, 0.25) is 0 Å². The number of nitrogens with one attached hydrogen (secondary N) is 2. The average molecular weight is 329 g/mol. The van der Waals surface area contributed by atoms with Gasteiger partial charge in [-0.3, -0.25) is 0 Å². The Hall–Kier alpha value is -1.75. The lowest BCUT2D eigenvalue weighted by Gasteiger charge is -2.61. The first-order chi connectivity index (χ1) is 11.7. The number of para-hydroxylation sites is 1. The summed E-state index contributed by atoms with van der Waals surface area (Å²) in [7, 11) is 0. The minimum atomic E-state index is 0.0420. The Balaban J connectivity index is 1.46. The van der Waals surface area contributed by atoms with Crippen LogP contribution in [-0.2, 0) is 11.3 Å². The molecule has 2 aliphatic carbocycles. The predicted molar refractivity (Wildman–Crippen MR) is 94.0 cm³/mol. The Labute approximate surface area is 143 Å². The predicted octanol–water partition coefficient (Wildman–Crippen LogP) is 2.97. The Morgan fingerprint density at radius 1 is 1.38 bits per heavy atom. The molecule has 3 aliphatic rings. The lowest BCUT2D eigenvalue weighted by atomic mass is 9.51. The first-order valence-electron chi connectivity index (χ1n) is 9.22. The van der Waals surface area contributed by atoms with Crippen molar-refractivity contribution in [1.29, 1.82) is 0 Å². The molecule has 5 heteroatoms. The van der Waals surface area contributed by atoms with Crippen molar-refractivity contribution < 1.29 is 9.53 Å². The molecule has 1 aromatic carbocycles. The van der Waals surface area contributed by atoms with Crippen LogP contribution < -0.4 is 10.6 Å². The van der Waals surface area contributed by atoms with Gasteiger partial charge in [-0.05, 0) is 37.8 Å². The van der Waals surface area contributed by atoms with Crippen LogP contribution >= 0.6 is 0 Å². The van der Waals surface area contributed by atoms with Crippen molar-refractivity contribution in [2.45, 2.75) is 51.3 Å². The van der Waals surface area contributed by atoms with Crippen molar-refractivity contribution in [2.24, 2.45) is 5.41 Å². The van der Waals surface area contributed by atoms with Crippen molar-refractivity contribution >= 4 is 11.7 Å². The normalized spacial score (nSPS) is 27.5. The maximum absolute atomic E-state index is 11.8. The van der Waals surface area contributed by atoms with Gasteiger partial charge in [-0.25, -0.2) is 4.79 Å². The molecule has 2 saturated carbocycles. The first-order valence-corrected chi connectivity index (χ1v) is 9.22. The zero-order valence-electron chi connectivity index (χ0n) is 14.4. The fourth-order valence-electron chi connectivity index (χ4n) is 4.50. The molecule has 2 atom stereocenters. The van der Waals surface area contributed by atoms with Crippen molar-refractivity contribution in [3.63, 3.8) is 0 Å². The monoisotopic (exact) mass is 329 g/mol. The maximum Gasteiger partial charge on any atom is 0.317 e. The smallest absolute Gasteiger partial charge is 0.317 e. The Bertz CT molecular complexity index is 614. The fourth-order valence-corrected chi connectivity index (χ4v) is 4.50. The summed E-state index contributed by atoms with van der Waals surface area (Å²) in [6.07, 6.45) is 5.37. The highest BCUT2D eigenvalue weighted by atomic mass is 16.5. The van der Waals surface area contributed by atoms with Crippen LogP contribution in [0.2, 0.25) is 0 Å². The highest BCUT2D eigenvalue weighted by Crippen LogP contribution is 2.58. The van der Waals surface area contributed by atoms with Gasteiger partial charge in [0, 0.05) is 43.4 Å². The van der Waals surface area contributed by atoms with E-state index in [1.165, 1.54) is 30.5 Å².